The van der Waals surface area contributed by atoms with Crippen LogP contribution in [0.5, 0.6) is 0 Å². The van der Waals surface area contributed by atoms with E-state index in [2.05, 4.69) is 9.84 Å². The summed E-state index contributed by atoms with van der Waals surface area (Å²) in [5.41, 5.74) is 5.82. The smallest absolute Gasteiger partial charge is 0.326 e. The van der Waals surface area contributed by atoms with E-state index in [-0.39, 0.29) is 0 Å². The molecule has 2 N–H and O–H groups in total. The summed E-state index contributed by atoms with van der Waals surface area (Å²) in [5, 5.41) is 5.20. The SMILES string of the molecule is COC(=O)C(C)(N)CSc1cc(C)nn1C. The Bertz CT molecular complexity index is 387. The number of hydrogen-bond donors (Lipinski definition) is 1. The van der Waals surface area contributed by atoms with Crippen LogP contribution in [0.1, 0.15) is 12.6 Å². The quantitative estimate of drug-likeness (QED) is 0.623. The highest BCUT2D eigenvalue weighted by Gasteiger charge is 2.29. The van der Waals surface area contributed by atoms with Crippen molar-refractivity contribution in [1.82, 2.24) is 9.78 Å². The Morgan fingerprint density at radius 2 is 2.38 bits per heavy atom. The van der Waals surface area contributed by atoms with Crippen molar-refractivity contribution in [2.24, 2.45) is 12.8 Å². The summed E-state index contributed by atoms with van der Waals surface area (Å²) >= 11 is 1.49. The Morgan fingerprint density at radius 3 is 2.81 bits per heavy atom. The fourth-order valence-corrected chi connectivity index (χ4v) is 2.29. The van der Waals surface area contributed by atoms with Gasteiger partial charge in [0.25, 0.3) is 0 Å². The van der Waals surface area contributed by atoms with E-state index in [9.17, 15) is 4.79 Å². The van der Waals surface area contributed by atoms with E-state index in [0.29, 0.717) is 5.75 Å². The molecule has 16 heavy (non-hydrogen) atoms. The minimum absolute atomic E-state index is 0.404. The largest absolute Gasteiger partial charge is 0.468 e. The lowest BCUT2D eigenvalue weighted by molar-refractivity contribution is -0.145. The molecule has 0 aliphatic heterocycles. The maximum Gasteiger partial charge on any atom is 0.326 e. The highest BCUT2D eigenvalue weighted by Crippen LogP contribution is 2.22. The van der Waals surface area contributed by atoms with E-state index in [1.165, 1.54) is 18.9 Å². The van der Waals surface area contributed by atoms with Crippen molar-refractivity contribution >= 4 is 17.7 Å². The third-order valence-corrected chi connectivity index (χ3v) is 3.55. The predicted molar refractivity (Wildman–Crippen MR) is 63.3 cm³/mol. The van der Waals surface area contributed by atoms with E-state index in [0.717, 1.165) is 10.7 Å². The van der Waals surface area contributed by atoms with Gasteiger partial charge in [-0.05, 0) is 19.9 Å². The molecule has 0 fully saturated rings. The first kappa shape index (κ1) is 13.1. The number of methoxy groups -OCH3 is 1. The summed E-state index contributed by atoms with van der Waals surface area (Å²) in [6.45, 7) is 3.58. The van der Waals surface area contributed by atoms with Gasteiger partial charge in [-0.2, -0.15) is 5.10 Å². The van der Waals surface area contributed by atoms with E-state index >= 15 is 0 Å². The summed E-state index contributed by atoms with van der Waals surface area (Å²) in [6, 6.07) is 1.96. The minimum atomic E-state index is -0.975. The zero-order valence-electron chi connectivity index (χ0n) is 9.98. The predicted octanol–water partition coefficient (Wildman–Crippen LogP) is 0.711. The molecule has 0 bridgehead atoms. The monoisotopic (exact) mass is 243 g/mol. The normalized spacial score (nSPS) is 14.6. The van der Waals surface area contributed by atoms with Gasteiger partial charge in [0, 0.05) is 12.8 Å². The lowest BCUT2D eigenvalue weighted by Gasteiger charge is -2.20. The highest BCUT2D eigenvalue weighted by atomic mass is 32.2. The standard InChI is InChI=1S/C10H17N3O2S/c1-7-5-8(13(3)12-7)16-6-10(2,11)9(14)15-4/h5H,6,11H2,1-4H3. The van der Waals surface area contributed by atoms with E-state index in [1.54, 1.807) is 11.6 Å². The second kappa shape index (κ2) is 4.88. The number of nitrogens with zero attached hydrogens (tertiary/aromatic N) is 2. The molecule has 0 amide bonds. The van der Waals surface area contributed by atoms with Crippen molar-refractivity contribution in [2.45, 2.75) is 24.4 Å². The zero-order chi connectivity index (χ0) is 12.3. The highest BCUT2D eigenvalue weighted by molar-refractivity contribution is 7.99. The van der Waals surface area contributed by atoms with Crippen molar-refractivity contribution in [3.05, 3.63) is 11.8 Å². The van der Waals surface area contributed by atoms with E-state index in [1.807, 2.05) is 20.0 Å². The van der Waals surface area contributed by atoms with Gasteiger partial charge in [0.05, 0.1) is 17.8 Å². The molecule has 6 heteroatoms. The van der Waals surface area contributed by atoms with Crippen LogP contribution in [0.4, 0.5) is 0 Å². The van der Waals surface area contributed by atoms with Crippen LogP contribution in [0.15, 0.2) is 11.1 Å². The molecule has 0 radical (unpaired) electrons. The number of esters is 1. The maximum atomic E-state index is 11.4. The number of thioether (sulfide) groups is 1. The van der Waals surface area contributed by atoms with Crippen molar-refractivity contribution in [3.63, 3.8) is 0 Å². The van der Waals surface area contributed by atoms with Gasteiger partial charge in [-0.25, -0.2) is 0 Å². The third-order valence-electron chi connectivity index (χ3n) is 2.13. The molecule has 0 saturated heterocycles. The van der Waals surface area contributed by atoms with Crippen molar-refractivity contribution in [2.75, 3.05) is 12.9 Å². The summed E-state index contributed by atoms with van der Waals surface area (Å²) in [5.74, 6) is 0.0532. The molecular weight excluding hydrogens is 226 g/mol. The molecule has 0 aromatic carbocycles. The lowest BCUT2D eigenvalue weighted by atomic mass is 10.1. The van der Waals surface area contributed by atoms with Crippen LogP contribution in [0, 0.1) is 6.92 Å². The molecule has 0 saturated carbocycles. The second-order valence-corrected chi connectivity index (χ2v) is 4.94. The van der Waals surface area contributed by atoms with Gasteiger partial charge in [0.2, 0.25) is 0 Å². The summed E-state index contributed by atoms with van der Waals surface area (Å²) in [7, 11) is 3.20. The molecular formula is C10H17N3O2S. The molecule has 90 valence electrons. The molecule has 1 heterocycles. The minimum Gasteiger partial charge on any atom is -0.468 e. The van der Waals surface area contributed by atoms with Crippen LogP contribution in [-0.2, 0) is 16.6 Å². The summed E-state index contributed by atoms with van der Waals surface area (Å²) in [6.07, 6.45) is 0. The van der Waals surface area contributed by atoms with Crippen LogP contribution < -0.4 is 5.73 Å². The van der Waals surface area contributed by atoms with Crippen molar-refractivity contribution < 1.29 is 9.53 Å². The summed E-state index contributed by atoms with van der Waals surface area (Å²) in [4.78, 5) is 11.4. The Balaban J connectivity index is 2.64. The molecule has 1 rings (SSSR count). The Hall–Kier alpha value is -1.01. The maximum absolute atomic E-state index is 11.4. The van der Waals surface area contributed by atoms with Crippen LogP contribution >= 0.6 is 11.8 Å². The number of carbonyl (C=O) groups excluding carboxylic acids is 1. The number of aryl methyl sites for hydroxylation is 2. The van der Waals surface area contributed by atoms with Gasteiger partial charge in [-0.15, -0.1) is 11.8 Å². The van der Waals surface area contributed by atoms with Crippen molar-refractivity contribution in [3.8, 4) is 0 Å². The first-order valence-electron chi connectivity index (χ1n) is 4.87. The van der Waals surface area contributed by atoms with Gasteiger partial charge >= 0.3 is 5.97 Å². The number of rotatable bonds is 4. The topological polar surface area (TPSA) is 70.1 Å². The van der Waals surface area contributed by atoms with Crippen molar-refractivity contribution in [1.29, 1.82) is 0 Å². The molecule has 0 aliphatic carbocycles. The van der Waals surface area contributed by atoms with Crippen LogP contribution in [0.25, 0.3) is 0 Å². The zero-order valence-corrected chi connectivity index (χ0v) is 10.8. The van der Waals surface area contributed by atoms with Crippen LogP contribution in [0.3, 0.4) is 0 Å². The number of nitrogens with two attached hydrogens (primary N) is 1. The molecule has 1 aromatic heterocycles. The average Bonchev–Trinajstić information content (AvgIpc) is 2.53. The molecule has 5 nitrogen and oxygen atoms in total. The van der Waals surface area contributed by atoms with Gasteiger partial charge in [-0.1, -0.05) is 0 Å². The molecule has 1 atom stereocenters. The Morgan fingerprint density at radius 1 is 1.75 bits per heavy atom. The van der Waals surface area contributed by atoms with E-state index in [4.69, 9.17) is 5.73 Å². The summed E-state index contributed by atoms with van der Waals surface area (Å²) < 4.78 is 6.41. The van der Waals surface area contributed by atoms with Gasteiger partial charge in [0.1, 0.15) is 5.54 Å². The van der Waals surface area contributed by atoms with E-state index < -0.39 is 11.5 Å². The Kier molecular flexibility index (Phi) is 3.98. The van der Waals surface area contributed by atoms with Crippen LogP contribution in [0.2, 0.25) is 0 Å². The molecule has 0 spiro atoms. The third kappa shape index (κ3) is 2.99. The van der Waals surface area contributed by atoms with Crippen LogP contribution in [-0.4, -0.2) is 34.2 Å². The fourth-order valence-electron chi connectivity index (χ4n) is 1.24. The average molecular weight is 243 g/mol. The van der Waals surface area contributed by atoms with Gasteiger partial charge in [-0.3, -0.25) is 9.48 Å². The Labute approximate surface area is 99.3 Å². The van der Waals surface area contributed by atoms with Gasteiger partial charge in [0.15, 0.2) is 0 Å². The fraction of sp³-hybridized carbons (Fsp3) is 0.600. The number of hydrogen-bond acceptors (Lipinski definition) is 5. The van der Waals surface area contributed by atoms with Gasteiger partial charge < -0.3 is 10.5 Å². The first-order valence-corrected chi connectivity index (χ1v) is 5.86. The molecule has 0 aliphatic rings. The lowest BCUT2D eigenvalue weighted by Crippen LogP contribution is -2.48. The number of ether oxygens (including phenoxy) is 1. The molecule has 1 unspecified atom stereocenters. The number of carbonyl (C=O) groups is 1. The first-order chi connectivity index (χ1) is 7.36. The number of aromatic nitrogens is 2. The second-order valence-electron chi connectivity index (χ2n) is 3.95. The molecule has 1 aromatic rings.